The summed E-state index contributed by atoms with van der Waals surface area (Å²) >= 11 is 0. The first-order chi connectivity index (χ1) is 8.24. The van der Waals surface area contributed by atoms with Gasteiger partial charge in [-0.25, -0.2) is 0 Å². The molecule has 0 spiro atoms. The summed E-state index contributed by atoms with van der Waals surface area (Å²) in [4.78, 5) is 11.7. The van der Waals surface area contributed by atoms with Crippen LogP contribution in [0.5, 0.6) is 0 Å². The number of carbonyl (C=O) groups is 1. The van der Waals surface area contributed by atoms with Crippen LogP contribution in [0.2, 0.25) is 0 Å². The fourth-order valence-electron chi connectivity index (χ4n) is 2.00. The number of carbonyl (C=O) groups excluding carboxylic acids is 1. The first-order valence-corrected chi connectivity index (χ1v) is 5.95. The Morgan fingerprint density at radius 3 is 2.53 bits per heavy atom. The maximum atomic E-state index is 11.7. The van der Waals surface area contributed by atoms with Crippen molar-refractivity contribution in [1.29, 1.82) is 0 Å². The Morgan fingerprint density at radius 1 is 1.29 bits per heavy atom. The summed E-state index contributed by atoms with van der Waals surface area (Å²) in [5.74, 6) is -0.0670. The van der Waals surface area contributed by atoms with Gasteiger partial charge in [0.05, 0.1) is 18.7 Å². The second kappa shape index (κ2) is 5.19. The van der Waals surface area contributed by atoms with Crippen molar-refractivity contribution in [2.45, 2.75) is 24.8 Å². The van der Waals surface area contributed by atoms with Crippen molar-refractivity contribution in [3.05, 3.63) is 30.3 Å². The number of nitrogens with one attached hydrogen (secondary N) is 2. The van der Waals surface area contributed by atoms with Gasteiger partial charge in [-0.15, -0.1) is 0 Å². The van der Waals surface area contributed by atoms with E-state index in [9.17, 15) is 9.90 Å². The van der Waals surface area contributed by atoms with E-state index < -0.39 is 0 Å². The van der Waals surface area contributed by atoms with E-state index in [0.717, 1.165) is 24.9 Å². The van der Waals surface area contributed by atoms with Gasteiger partial charge in [0.1, 0.15) is 0 Å². The molecular weight excluding hydrogens is 216 g/mol. The van der Waals surface area contributed by atoms with Crippen LogP contribution >= 0.6 is 0 Å². The number of hydrogen-bond donors (Lipinski definition) is 3. The van der Waals surface area contributed by atoms with E-state index in [4.69, 9.17) is 0 Å². The van der Waals surface area contributed by atoms with Crippen LogP contribution in [0, 0.1) is 0 Å². The van der Waals surface area contributed by atoms with Gasteiger partial charge in [0, 0.05) is 5.69 Å². The molecule has 0 unspecified atom stereocenters. The summed E-state index contributed by atoms with van der Waals surface area (Å²) in [6.07, 6.45) is 2.83. The number of hydrogen-bond acceptors (Lipinski definition) is 3. The summed E-state index contributed by atoms with van der Waals surface area (Å²) in [7, 11) is 0. The molecule has 1 aliphatic rings. The lowest BCUT2D eigenvalue weighted by atomic mass is 9.77. The fourth-order valence-corrected chi connectivity index (χ4v) is 2.00. The Morgan fingerprint density at radius 2 is 2.00 bits per heavy atom. The van der Waals surface area contributed by atoms with E-state index in [1.54, 1.807) is 0 Å². The first kappa shape index (κ1) is 11.9. The zero-order valence-corrected chi connectivity index (χ0v) is 9.78. The first-order valence-electron chi connectivity index (χ1n) is 5.95. The number of rotatable bonds is 5. The molecule has 0 heterocycles. The molecule has 0 radical (unpaired) electrons. The van der Waals surface area contributed by atoms with E-state index in [1.807, 2.05) is 30.3 Å². The van der Waals surface area contributed by atoms with E-state index in [0.29, 0.717) is 0 Å². The summed E-state index contributed by atoms with van der Waals surface area (Å²) in [5.41, 5.74) is 0.574. The van der Waals surface area contributed by atoms with Crippen molar-refractivity contribution in [2.75, 3.05) is 18.5 Å². The van der Waals surface area contributed by atoms with Gasteiger partial charge >= 0.3 is 0 Å². The number of para-hydroxylation sites is 1. The second-order valence-corrected chi connectivity index (χ2v) is 4.56. The SMILES string of the molecule is O=C(CNc1ccccc1)NC1(CO)CCC1. The highest BCUT2D eigenvalue weighted by Crippen LogP contribution is 2.30. The molecule has 0 aromatic heterocycles. The molecule has 1 aromatic carbocycles. The van der Waals surface area contributed by atoms with Crippen LogP contribution in [0.15, 0.2) is 30.3 Å². The molecule has 1 aromatic rings. The van der Waals surface area contributed by atoms with Crippen molar-refractivity contribution in [1.82, 2.24) is 5.32 Å². The molecule has 0 aliphatic heterocycles. The topological polar surface area (TPSA) is 61.4 Å². The van der Waals surface area contributed by atoms with Crippen LogP contribution < -0.4 is 10.6 Å². The van der Waals surface area contributed by atoms with Crippen LogP contribution in [0.25, 0.3) is 0 Å². The Hall–Kier alpha value is -1.55. The molecule has 2 rings (SSSR count). The van der Waals surface area contributed by atoms with Crippen molar-refractivity contribution in [3.8, 4) is 0 Å². The summed E-state index contributed by atoms with van der Waals surface area (Å²) in [6, 6.07) is 9.60. The Balaban J connectivity index is 1.78. The molecule has 0 bridgehead atoms. The molecule has 3 N–H and O–H groups in total. The van der Waals surface area contributed by atoms with Gasteiger partial charge in [-0.1, -0.05) is 18.2 Å². The average molecular weight is 234 g/mol. The van der Waals surface area contributed by atoms with Crippen LogP contribution in [-0.4, -0.2) is 29.7 Å². The van der Waals surface area contributed by atoms with Crippen LogP contribution in [0.3, 0.4) is 0 Å². The lowest BCUT2D eigenvalue weighted by Crippen LogP contribution is -2.57. The van der Waals surface area contributed by atoms with E-state index >= 15 is 0 Å². The summed E-state index contributed by atoms with van der Waals surface area (Å²) in [5, 5.41) is 15.2. The van der Waals surface area contributed by atoms with Gasteiger partial charge in [-0.05, 0) is 31.4 Å². The highest BCUT2D eigenvalue weighted by atomic mass is 16.3. The number of anilines is 1. The Bertz CT molecular complexity index is 369. The van der Waals surface area contributed by atoms with Crippen molar-refractivity contribution in [3.63, 3.8) is 0 Å². The zero-order chi connectivity index (χ0) is 12.1. The van der Waals surface area contributed by atoms with Gasteiger partial charge in [-0.3, -0.25) is 4.79 Å². The van der Waals surface area contributed by atoms with E-state index in [2.05, 4.69) is 10.6 Å². The molecule has 1 fully saturated rings. The maximum Gasteiger partial charge on any atom is 0.239 e. The summed E-state index contributed by atoms with van der Waals surface area (Å²) < 4.78 is 0. The van der Waals surface area contributed by atoms with Crippen molar-refractivity contribution in [2.24, 2.45) is 0 Å². The lowest BCUT2D eigenvalue weighted by Gasteiger charge is -2.41. The third-order valence-electron chi connectivity index (χ3n) is 3.24. The van der Waals surface area contributed by atoms with E-state index in [-0.39, 0.29) is 24.6 Å². The third kappa shape index (κ3) is 2.97. The van der Waals surface area contributed by atoms with Crippen molar-refractivity contribution >= 4 is 11.6 Å². The van der Waals surface area contributed by atoms with Crippen molar-refractivity contribution < 1.29 is 9.90 Å². The number of benzene rings is 1. The standard InChI is InChI=1S/C13H18N2O2/c16-10-13(7-4-8-13)15-12(17)9-14-11-5-2-1-3-6-11/h1-3,5-6,14,16H,4,7-10H2,(H,15,17). The molecule has 1 amide bonds. The van der Waals surface area contributed by atoms with E-state index in [1.165, 1.54) is 0 Å². The third-order valence-corrected chi connectivity index (χ3v) is 3.24. The maximum absolute atomic E-state index is 11.7. The van der Waals surface area contributed by atoms with Gasteiger partial charge < -0.3 is 15.7 Å². The van der Waals surface area contributed by atoms with Crippen LogP contribution in [0.4, 0.5) is 5.69 Å². The number of aliphatic hydroxyl groups excluding tert-OH is 1. The predicted molar refractivity (Wildman–Crippen MR) is 66.7 cm³/mol. The molecule has 1 aliphatic carbocycles. The molecule has 4 heteroatoms. The summed E-state index contributed by atoms with van der Waals surface area (Å²) in [6.45, 7) is 0.274. The quantitative estimate of drug-likeness (QED) is 0.715. The monoisotopic (exact) mass is 234 g/mol. The molecule has 0 atom stereocenters. The molecule has 4 nitrogen and oxygen atoms in total. The smallest absolute Gasteiger partial charge is 0.239 e. The van der Waals surface area contributed by atoms with Gasteiger partial charge in [-0.2, -0.15) is 0 Å². The minimum Gasteiger partial charge on any atom is -0.394 e. The predicted octanol–water partition coefficient (Wildman–Crippen LogP) is 1.13. The lowest BCUT2D eigenvalue weighted by molar-refractivity contribution is -0.123. The molecular formula is C13H18N2O2. The minimum atomic E-state index is -0.352. The molecule has 0 saturated heterocycles. The second-order valence-electron chi connectivity index (χ2n) is 4.56. The van der Waals surface area contributed by atoms with Gasteiger partial charge in [0.25, 0.3) is 0 Å². The van der Waals surface area contributed by atoms with Crippen LogP contribution in [-0.2, 0) is 4.79 Å². The zero-order valence-electron chi connectivity index (χ0n) is 9.78. The number of aliphatic hydroxyl groups is 1. The molecule has 1 saturated carbocycles. The highest BCUT2D eigenvalue weighted by Gasteiger charge is 2.37. The highest BCUT2D eigenvalue weighted by molar-refractivity contribution is 5.81. The fraction of sp³-hybridized carbons (Fsp3) is 0.462. The number of amides is 1. The Labute approximate surface area is 101 Å². The van der Waals surface area contributed by atoms with Crippen LogP contribution in [0.1, 0.15) is 19.3 Å². The van der Waals surface area contributed by atoms with Gasteiger partial charge in [0.15, 0.2) is 0 Å². The molecule has 92 valence electrons. The Kier molecular flexibility index (Phi) is 3.64. The average Bonchev–Trinajstić information content (AvgIpc) is 2.33. The normalized spacial score (nSPS) is 17.0. The largest absolute Gasteiger partial charge is 0.394 e. The molecule has 17 heavy (non-hydrogen) atoms. The van der Waals surface area contributed by atoms with Gasteiger partial charge in [0.2, 0.25) is 5.91 Å². The minimum absolute atomic E-state index is 0.0318.